The normalized spacial score (nSPS) is 15.7. The number of amides is 1. The zero-order valence-electron chi connectivity index (χ0n) is 15.2. The average Bonchev–Trinajstić information content (AvgIpc) is 2.85. The van der Waals surface area contributed by atoms with Crippen LogP contribution >= 0.6 is 58.0 Å². The van der Waals surface area contributed by atoms with Gasteiger partial charge in [-0.15, -0.1) is 0 Å². The van der Waals surface area contributed by atoms with Crippen molar-refractivity contribution < 1.29 is 9.53 Å². The smallest absolute Gasteiger partial charge is 0.276 e. The molecule has 2 aromatic rings. The molecule has 1 amide bonds. The maximum Gasteiger partial charge on any atom is 0.276 e. The summed E-state index contributed by atoms with van der Waals surface area (Å²) in [5.74, 6) is 0.660. The van der Waals surface area contributed by atoms with Gasteiger partial charge in [-0.3, -0.25) is 9.69 Å². The number of nitrogens with zero attached hydrogens (tertiary/aromatic N) is 2. The van der Waals surface area contributed by atoms with Crippen LogP contribution in [0.5, 0.6) is 5.75 Å². The van der Waals surface area contributed by atoms with E-state index in [0.717, 1.165) is 20.4 Å². The molecule has 4 nitrogen and oxygen atoms in total. The third-order valence-electron chi connectivity index (χ3n) is 4.32. The van der Waals surface area contributed by atoms with Gasteiger partial charge < -0.3 is 9.64 Å². The summed E-state index contributed by atoms with van der Waals surface area (Å²) in [5.41, 5.74) is 2.32. The molecular formula is C20H17Cl2IN2O2S. The molecule has 146 valence electrons. The highest BCUT2D eigenvalue weighted by atomic mass is 127. The van der Waals surface area contributed by atoms with Crippen LogP contribution in [0.25, 0.3) is 6.08 Å². The molecule has 3 rings (SSSR count). The van der Waals surface area contributed by atoms with E-state index in [2.05, 4.69) is 22.6 Å². The molecule has 0 aliphatic carbocycles. The summed E-state index contributed by atoms with van der Waals surface area (Å²) in [5, 5.41) is 1.68. The summed E-state index contributed by atoms with van der Waals surface area (Å²) >= 11 is 19.7. The van der Waals surface area contributed by atoms with Crippen molar-refractivity contribution in [1.82, 2.24) is 9.80 Å². The first-order chi connectivity index (χ1) is 13.3. The first-order valence-corrected chi connectivity index (χ1v) is 10.7. The van der Waals surface area contributed by atoms with E-state index in [0.29, 0.717) is 34.0 Å². The lowest BCUT2D eigenvalue weighted by Gasteiger charge is -2.13. The monoisotopic (exact) mass is 546 g/mol. The first kappa shape index (κ1) is 21.4. The Morgan fingerprint density at radius 2 is 1.96 bits per heavy atom. The summed E-state index contributed by atoms with van der Waals surface area (Å²) in [6.45, 7) is 2.80. The van der Waals surface area contributed by atoms with Crippen molar-refractivity contribution in [2.24, 2.45) is 0 Å². The number of hydrogen-bond donors (Lipinski definition) is 0. The fourth-order valence-electron chi connectivity index (χ4n) is 2.77. The van der Waals surface area contributed by atoms with Crippen molar-refractivity contribution in [3.63, 3.8) is 0 Å². The van der Waals surface area contributed by atoms with Crippen LogP contribution < -0.4 is 4.74 Å². The number of halogens is 3. The van der Waals surface area contributed by atoms with Crippen LogP contribution in [-0.4, -0.2) is 34.4 Å². The van der Waals surface area contributed by atoms with E-state index >= 15 is 0 Å². The molecule has 0 spiro atoms. The topological polar surface area (TPSA) is 32.8 Å². The van der Waals surface area contributed by atoms with Gasteiger partial charge in [0.05, 0.1) is 3.57 Å². The molecule has 28 heavy (non-hydrogen) atoms. The van der Waals surface area contributed by atoms with Gasteiger partial charge in [0.15, 0.2) is 5.11 Å². The van der Waals surface area contributed by atoms with E-state index in [1.54, 1.807) is 29.0 Å². The fraction of sp³-hybridized carbons (Fsp3) is 0.200. The zero-order chi connectivity index (χ0) is 20.4. The number of likely N-dealkylation sites (N-methyl/N-ethyl adjacent to an activating group) is 2. The highest BCUT2D eigenvalue weighted by Gasteiger charge is 2.34. The number of rotatable bonds is 5. The molecule has 0 N–H and O–H groups in total. The van der Waals surface area contributed by atoms with Crippen molar-refractivity contribution in [2.45, 2.75) is 13.5 Å². The molecule has 1 aliphatic heterocycles. The maximum atomic E-state index is 12.5. The van der Waals surface area contributed by atoms with E-state index < -0.39 is 0 Å². The zero-order valence-corrected chi connectivity index (χ0v) is 19.7. The molecule has 1 heterocycles. The minimum atomic E-state index is -0.0808. The van der Waals surface area contributed by atoms with Crippen molar-refractivity contribution in [1.29, 1.82) is 0 Å². The molecule has 0 radical (unpaired) electrons. The molecule has 0 unspecified atom stereocenters. The van der Waals surface area contributed by atoms with Crippen LogP contribution in [0, 0.1) is 3.57 Å². The molecule has 8 heteroatoms. The lowest BCUT2D eigenvalue weighted by atomic mass is 10.1. The fourth-order valence-corrected chi connectivity index (χ4v) is 4.23. The second-order valence-corrected chi connectivity index (χ2v) is 8.51. The van der Waals surface area contributed by atoms with Crippen LogP contribution in [0.1, 0.15) is 18.1 Å². The van der Waals surface area contributed by atoms with Crippen LogP contribution in [-0.2, 0) is 11.4 Å². The number of carbonyl (C=O) groups is 1. The Morgan fingerprint density at radius 1 is 1.21 bits per heavy atom. The lowest BCUT2D eigenvalue weighted by Crippen LogP contribution is -2.30. The summed E-state index contributed by atoms with van der Waals surface area (Å²) < 4.78 is 6.83. The molecule has 0 saturated carbocycles. The highest BCUT2D eigenvalue weighted by Crippen LogP contribution is 2.28. The molecule has 0 bridgehead atoms. The van der Waals surface area contributed by atoms with Crippen LogP contribution in [0.15, 0.2) is 42.1 Å². The van der Waals surface area contributed by atoms with Crippen LogP contribution in [0.4, 0.5) is 0 Å². The van der Waals surface area contributed by atoms with Gasteiger partial charge in [0.1, 0.15) is 18.1 Å². The molecule has 1 fully saturated rings. The Hall–Kier alpha value is -1.35. The second-order valence-electron chi connectivity index (χ2n) is 6.13. The Balaban J connectivity index is 1.77. The van der Waals surface area contributed by atoms with Gasteiger partial charge in [0.2, 0.25) is 0 Å². The van der Waals surface area contributed by atoms with Crippen molar-refractivity contribution >= 4 is 75.1 Å². The Bertz CT molecular complexity index is 981. The molecule has 2 aromatic carbocycles. The number of carbonyl (C=O) groups excluding carboxylic acids is 1. The van der Waals surface area contributed by atoms with Gasteiger partial charge >= 0.3 is 0 Å². The third kappa shape index (κ3) is 4.45. The van der Waals surface area contributed by atoms with Gasteiger partial charge in [0, 0.05) is 29.2 Å². The number of benzene rings is 2. The first-order valence-electron chi connectivity index (χ1n) is 8.49. The minimum Gasteiger partial charge on any atom is -0.488 e. The lowest BCUT2D eigenvalue weighted by molar-refractivity contribution is -0.122. The SMILES string of the molecule is CCN1C(=O)/C(=C/c2ccc(OCc3ccc(Cl)cc3Cl)c(I)c2)N(C)C1=S. The number of ether oxygens (including phenoxy) is 1. The minimum absolute atomic E-state index is 0.0808. The number of thiocarbonyl (C=S) groups is 1. The van der Waals surface area contributed by atoms with Crippen molar-refractivity contribution in [3.05, 3.63) is 66.8 Å². The molecular weight excluding hydrogens is 530 g/mol. The standard InChI is InChI=1S/C20H17Cl2IN2O2S/c1-3-25-19(26)17(24(2)20(25)28)9-12-4-7-18(16(23)8-12)27-11-13-5-6-14(21)10-15(13)22/h4-10H,3,11H2,1-2H3/b17-9-. The molecule has 1 aliphatic rings. The van der Waals surface area contributed by atoms with E-state index in [4.69, 9.17) is 40.2 Å². The van der Waals surface area contributed by atoms with Crippen LogP contribution in [0.2, 0.25) is 10.0 Å². The van der Waals surface area contributed by atoms with Crippen LogP contribution in [0.3, 0.4) is 0 Å². The summed E-state index contributed by atoms with van der Waals surface area (Å²) in [6.07, 6.45) is 1.84. The van der Waals surface area contributed by atoms with Gasteiger partial charge in [-0.2, -0.15) is 0 Å². The quantitative estimate of drug-likeness (QED) is 0.278. The van der Waals surface area contributed by atoms with E-state index in [1.165, 1.54) is 0 Å². The second kappa shape index (κ2) is 8.98. The van der Waals surface area contributed by atoms with Crippen molar-refractivity contribution in [2.75, 3.05) is 13.6 Å². The number of hydrogen-bond acceptors (Lipinski definition) is 3. The van der Waals surface area contributed by atoms with E-state index in [-0.39, 0.29) is 5.91 Å². The van der Waals surface area contributed by atoms with E-state index in [9.17, 15) is 4.79 Å². The molecule has 1 saturated heterocycles. The Kier molecular flexibility index (Phi) is 6.85. The average molecular weight is 547 g/mol. The molecule has 0 atom stereocenters. The van der Waals surface area contributed by atoms with Gasteiger partial charge in [-0.1, -0.05) is 35.3 Å². The van der Waals surface area contributed by atoms with Gasteiger partial charge in [0.25, 0.3) is 5.91 Å². The predicted octanol–water partition coefficient (Wildman–Crippen LogP) is 5.60. The summed E-state index contributed by atoms with van der Waals surface area (Å²) in [7, 11) is 1.81. The van der Waals surface area contributed by atoms with Gasteiger partial charge in [-0.05, 0) is 77.6 Å². The predicted molar refractivity (Wildman–Crippen MR) is 126 cm³/mol. The Labute approximate surface area is 193 Å². The summed E-state index contributed by atoms with van der Waals surface area (Å²) in [4.78, 5) is 15.8. The Morgan fingerprint density at radius 3 is 2.57 bits per heavy atom. The van der Waals surface area contributed by atoms with Gasteiger partial charge in [-0.25, -0.2) is 0 Å². The third-order valence-corrected chi connectivity index (χ3v) is 6.24. The molecule has 0 aromatic heterocycles. The highest BCUT2D eigenvalue weighted by molar-refractivity contribution is 14.1. The van der Waals surface area contributed by atoms with Crippen molar-refractivity contribution in [3.8, 4) is 5.75 Å². The maximum absolute atomic E-state index is 12.5. The summed E-state index contributed by atoms with van der Waals surface area (Å²) in [6, 6.07) is 11.1. The van der Waals surface area contributed by atoms with E-state index in [1.807, 2.05) is 37.3 Å². The largest absolute Gasteiger partial charge is 0.488 e.